The second kappa shape index (κ2) is 8.28. The molecule has 3 N–H and O–H groups in total. The average Bonchev–Trinajstić information content (AvgIpc) is 2.47. The highest BCUT2D eigenvalue weighted by molar-refractivity contribution is 5.09. The van der Waals surface area contributed by atoms with Gasteiger partial charge in [-0.15, -0.1) is 0 Å². The van der Waals surface area contributed by atoms with Gasteiger partial charge in [0, 0.05) is 30.1 Å². The summed E-state index contributed by atoms with van der Waals surface area (Å²) < 4.78 is 1.50. The highest BCUT2D eigenvalue weighted by Crippen LogP contribution is 2.06. The number of H-pyrrole nitrogens is 3. The summed E-state index contributed by atoms with van der Waals surface area (Å²) in [7, 11) is 0. The van der Waals surface area contributed by atoms with Gasteiger partial charge in [-0.3, -0.25) is 19.6 Å². The van der Waals surface area contributed by atoms with Crippen LogP contribution in [0.4, 0.5) is 0 Å². The minimum Gasteiger partial charge on any atom is -0.314 e. The van der Waals surface area contributed by atoms with Crippen molar-refractivity contribution in [2.24, 2.45) is 0 Å². The van der Waals surface area contributed by atoms with Crippen molar-refractivity contribution in [1.82, 2.24) is 19.5 Å². The number of nitrogens with one attached hydrogen (secondary N) is 3. The molecule has 0 spiro atoms. The molecule has 0 aliphatic rings. The molecule has 2 heterocycles. The van der Waals surface area contributed by atoms with Crippen LogP contribution in [0.15, 0.2) is 31.6 Å². The van der Waals surface area contributed by atoms with E-state index in [1.165, 1.54) is 10.8 Å². The van der Waals surface area contributed by atoms with Gasteiger partial charge in [0.05, 0.1) is 0 Å². The Morgan fingerprint density at radius 1 is 0.917 bits per heavy atom. The van der Waals surface area contributed by atoms with Gasteiger partial charge >= 0.3 is 11.4 Å². The number of rotatable bonds is 3. The Bertz CT molecular complexity index is 900. The maximum absolute atomic E-state index is 11.3. The SMILES string of the molecule is CC(C)c1c[nH]c(=O)[nH]c1=O.CCn1cc(C(C)C)c(=O)[nH]c1=O. The number of hydrogen-bond acceptors (Lipinski definition) is 4. The number of aryl methyl sites for hydroxylation is 1. The molecular formula is C16H24N4O4. The molecule has 0 radical (unpaired) electrons. The normalized spacial score (nSPS) is 10.6. The number of hydrogen-bond donors (Lipinski definition) is 3. The molecule has 2 aromatic heterocycles. The summed E-state index contributed by atoms with van der Waals surface area (Å²) in [6, 6.07) is 0. The van der Waals surface area contributed by atoms with E-state index in [-0.39, 0.29) is 28.6 Å². The van der Waals surface area contributed by atoms with Crippen LogP contribution in [0.25, 0.3) is 0 Å². The second-order valence-corrected chi connectivity index (χ2v) is 5.97. The fraction of sp³-hybridized carbons (Fsp3) is 0.500. The number of nitrogens with zero attached hydrogens (tertiary/aromatic N) is 1. The molecule has 0 unspecified atom stereocenters. The zero-order valence-corrected chi connectivity index (χ0v) is 14.6. The highest BCUT2D eigenvalue weighted by Gasteiger charge is 2.06. The standard InChI is InChI=1S/C9H14N2O2.C7H10N2O2/c1-4-11-5-7(6(2)3)8(12)10-9(11)13;1-4(2)5-3-8-7(11)9-6(5)10/h5-6H,4H2,1-3H3,(H,10,12,13);3-4H,1-2H3,(H2,8,9,10,11). The Morgan fingerprint density at radius 3 is 1.92 bits per heavy atom. The lowest BCUT2D eigenvalue weighted by Crippen LogP contribution is -2.31. The molecule has 24 heavy (non-hydrogen) atoms. The molecule has 132 valence electrons. The first-order chi connectivity index (χ1) is 11.2. The minimum atomic E-state index is -0.459. The van der Waals surface area contributed by atoms with Crippen molar-refractivity contribution < 1.29 is 0 Å². The van der Waals surface area contributed by atoms with E-state index >= 15 is 0 Å². The molecule has 0 aromatic carbocycles. The molecule has 2 rings (SSSR count). The van der Waals surface area contributed by atoms with Crippen molar-refractivity contribution in [3.05, 3.63) is 65.2 Å². The van der Waals surface area contributed by atoms with Crippen molar-refractivity contribution in [1.29, 1.82) is 0 Å². The van der Waals surface area contributed by atoms with Gasteiger partial charge in [0.25, 0.3) is 11.1 Å². The molecule has 0 bridgehead atoms. The molecule has 8 heteroatoms. The molecule has 0 saturated heterocycles. The lowest BCUT2D eigenvalue weighted by Gasteiger charge is -2.06. The molecule has 0 aliphatic heterocycles. The van der Waals surface area contributed by atoms with Crippen molar-refractivity contribution in [3.63, 3.8) is 0 Å². The van der Waals surface area contributed by atoms with Crippen molar-refractivity contribution >= 4 is 0 Å². The Morgan fingerprint density at radius 2 is 1.46 bits per heavy atom. The van der Waals surface area contributed by atoms with Crippen LogP contribution < -0.4 is 22.5 Å². The van der Waals surface area contributed by atoms with Crippen LogP contribution in [0.2, 0.25) is 0 Å². The van der Waals surface area contributed by atoms with Gasteiger partial charge in [-0.05, 0) is 18.8 Å². The predicted octanol–water partition coefficient (Wildman–Crippen LogP) is 0.866. The third-order valence-corrected chi connectivity index (χ3v) is 3.47. The summed E-state index contributed by atoms with van der Waals surface area (Å²) in [4.78, 5) is 50.8. The fourth-order valence-corrected chi connectivity index (χ4v) is 2.02. The first-order valence-electron chi connectivity index (χ1n) is 7.82. The van der Waals surface area contributed by atoms with Gasteiger partial charge in [0.1, 0.15) is 0 Å². The van der Waals surface area contributed by atoms with Gasteiger partial charge in [-0.1, -0.05) is 27.7 Å². The molecule has 0 amide bonds. The van der Waals surface area contributed by atoms with Gasteiger partial charge in [0.15, 0.2) is 0 Å². The first kappa shape index (κ1) is 19.4. The largest absolute Gasteiger partial charge is 0.328 e. The Hall–Kier alpha value is -2.64. The second-order valence-electron chi connectivity index (χ2n) is 5.97. The molecule has 0 fully saturated rings. The third-order valence-electron chi connectivity index (χ3n) is 3.47. The van der Waals surface area contributed by atoms with Crippen molar-refractivity contribution in [2.45, 2.75) is 53.0 Å². The van der Waals surface area contributed by atoms with Crippen LogP contribution in [-0.4, -0.2) is 19.5 Å². The molecule has 0 saturated carbocycles. The smallest absolute Gasteiger partial charge is 0.314 e. The zero-order valence-electron chi connectivity index (χ0n) is 14.6. The zero-order chi connectivity index (χ0) is 18.4. The summed E-state index contributed by atoms with van der Waals surface area (Å²) in [6.07, 6.45) is 3.08. The summed E-state index contributed by atoms with van der Waals surface area (Å²) >= 11 is 0. The minimum absolute atomic E-state index is 0.135. The fourth-order valence-electron chi connectivity index (χ4n) is 2.02. The van der Waals surface area contributed by atoms with Crippen molar-refractivity contribution in [3.8, 4) is 0 Å². The first-order valence-corrected chi connectivity index (χ1v) is 7.82. The maximum Gasteiger partial charge on any atom is 0.328 e. The van der Waals surface area contributed by atoms with Crippen LogP contribution in [0, 0.1) is 0 Å². The Balaban J connectivity index is 0.000000243. The number of aromatic nitrogens is 4. The molecule has 0 aliphatic carbocycles. The third kappa shape index (κ3) is 4.94. The number of aromatic amines is 3. The van der Waals surface area contributed by atoms with E-state index in [1.54, 1.807) is 6.20 Å². The van der Waals surface area contributed by atoms with E-state index in [0.717, 1.165) is 0 Å². The molecule has 8 nitrogen and oxygen atoms in total. The highest BCUT2D eigenvalue weighted by atomic mass is 16.2. The van der Waals surface area contributed by atoms with Crippen LogP contribution >= 0.6 is 0 Å². The lowest BCUT2D eigenvalue weighted by atomic mass is 10.1. The van der Waals surface area contributed by atoms with Gasteiger partial charge in [-0.2, -0.15) is 0 Å². The quantitative estimate of drug-likeness (QED) is 0.770. The van der Waals surface area contributed by atoms with Crippen LogP contribution in [0.1, 0.15) is 57.6 Å². The summed E-state index contributed by atoms with van der Waals surface area (Å²) in [6.45, 7) is 10.1. The van der Waals surface area contributed by atoms with E-state index in [0.29, 0.717) is 17.7 Å². The van der Waals surface area contributed by atoms with E-state index < -0.39 is 5.69 Å². The molecule has 0 atom stereocenters. The summed E-state index contributed by atoms with van der Waals surface area (Å²) in [5.41, 5.74) is -0.115. The van der Waals surface area contributed by atoms with Crippen molar-refractivity contribution in [2.75, 3.05) is 0 Å². The lowest BCUT2D eigenvalue weighted by molar-refractivity contribution is 0.669. The van der Waals surface area contributed by atoms with E-state index in [1.807, 2.05) is 34.6 Å². The van der Waals surface area contributed by atoms with Gasteiger partial charge in [-0.25, -0.2) is 9.59 Å². The molecule has 2 aromatic rings. The van der Waals surface area contributed by atoms with E-state index in [2.05, 4.69) is 15.0 Å². The van der Waals surface area contributed by atoms with Crippen LogP contribution in [-0.2, 0) is 6.54 Å². The predicted molar refractivity (Wildman–Crippen MR) is 92.9 cm³/mol. The van der Waals surface area contributed by atoms with E-state index in [4.69, 9.17) is 0 Å². The Labute approximate surface area is 138 Å². The maximum atomic E-state index is 11.3. The Kier molecular flexibility index (Phi) is 6.69. The van der Waals surface area contributed by atoms with Crippen LogP contribution in [0.5, 0.6) is 0 Å². The van der Waals surface area contributed by atoms with E-state index in [9.17, 15) is 19.2 Å². The topological polar surface area (TPSA) is 121 Å². The summed E-state index contributed by atoms with van der Waals surface area (Å²) in [5.74, 6) is 0.276. The molecular weight excluding hydrogens is 312 g/mol. The van der Waals surface area contributed by atoms with Crippen LogP contribution in [0.3, 0.4) is 0 Å². The summed E-state index contributed by atoms with van der Waals surface area (Å²) in [5, 5.41) is 0. The average molecular weight is 336 g/mol. The van der Waals surface area contributed by atoms with Gasteiger partial charge in [0.2, 0.25) is 0 Å². The monoisotopic (exact) mass is 336 g/mol. The van der Waals surface area contributed by atoms with Gasteiger partial charge < -0.3 is 9.55 Å².